The lowest BCUT2D eigenvalue weighted by Crippen LogP contribution is -2.30. The molecule has 2 aliphatic rings. The minimum Gasteiger partial charge on any atom is -0.291 e. The SMILES string of the molecule is O=C1NNC2CCCC12. The van der Waals surface area contributed by atoms with Crippen molar-refractivity contribution in [1.29, 1.82) is 0 Å². The molecule has 1 aliphatic heterocycles. The number of amides is 1. The normalized spacial score (nSPS) is 40.7. The number of rotatable bonds is 0. The van der Waals surface area contributed by atoms with Crippen molar-refractivity contribution in [1.82, 2.24) is 10.9 Å². The van der Waals surface area contributed by atoms with Crippen LogP contribution in [0.15, 0.2) is 0 Å². The summed E-state index contributed by atoms with van der Waals surface area (Å²) >= 11 is 0. The standard InChI is InChI=1S/C6H10N2O/c9-6-4-2-1-3-5(4)7-8-6/h4-5,7H,1-3H2,(H,8,9). The maximum atomic E-state index is 10.9. The van der Waals surface area contributed by atoms with E-state index in [-0.39, 0.29) is 11.8 Å². The van der Waals surface area contributed by atoms with Gasteiger partial charge in [0.15, 0.2) is 0 Å². The van der Waals surface area contributed by atoms with Crippen LogP contribution in [0.3, 0.4) is 0 Å². The Labute approximate surface area is 53.8 Å². The van der Waals surface area contributed by atoms with Crippen LogP contribution in [0.4, 0.5) is 0 Å². The summed E-state index contributed by atoms with van der Waals surface area (Å²) in [5.41, 5.74) is 5.60. The predicted molar refractivity (Wildman–Crippen MR) is 32.4 cm³/mol. The molecule has 1 amide bonds. The minimum absolute atomic E-state index is 0.192. The Morgan fingerprint density at radius 1 is 1.44 bits per heavy atom. The first-order valence-electron chi connectivity index (χ1n) is 3.43. The second kappa shape index (κ2) is 1.70. The average molecular weight is 126 g/mol. The van der Waals surface area contributed by atoms with Gasteiger partial charge in [0.25, 0.3) is 0 Å². The molecule has 1 aliphatic carbocycles. The molecule has 2 fully saturated rings. The summed E-state index contributed by atoms with van der Waals surface area (Å²) in [6.45, 7) is 0. The van der Waals surface area contributed by atoms with Gasteiger partial charge in [-0.2, -0.15) is 0 Å². The highest BCUT2D eigenvalue weighted by atomic mass is 16.2. The molecule has 2 N–H and O–H groups in total. The summed E-state index contributed by atoms with van der Waals surface area (Å²) in [7, 11) is 0. The third-order valence-corrected chi connectivity index (χ3v) is 2.23. The van der Waals surface area contributed by atoms with E-state index in [9.17, 15) is 4.79 Å². The molecule has 9 heavy (non-hydrogen) atoms. The van der Waals surface area contributed by atoms with E-state index >= 15 is 0 Å². The Kier molecular flexibility index (Phi) is 0.990. The van der Waals surface area contributed by atoms with E-state index in [1.165, 1.54) is 6.42 Å². The van der Waals surface area contributed by atoms with E-state index in [1.807, 2.05) is 0 Å². The molecular weight excluding hydrogens is 116 g/mol. The van der Waals surface area contributed by atoms with Crippen LogP contribution >= 0.6 is 0 Å². The number of carbonyl (C=O) groups excluding carboxylic acids is 1. The second-order valence-electron chi connectivity index (χ2n) is 2.78. The second-order valence-corrected chi connectivity index (χ2v) is 2.78. The predicted octanol–water partition coefficient (Wildman–Crippen LogP) is -0.211. The molecular formula is C6H10N2O. The first-order chi connectivity index (χ1) is 4.38. The van der Waals surface area contributed by atoms with Gasteiger partial charge < -0.3 is 0 Å². The molecule has 2 atom stereocenters. The largest absolute Gasteiger partial charge is 0.291 e. The molecule has 2 unspecified atom stereocenters. The van der Waals surface area contributed by atoms with Crippen LogP contribution in [0.5, 0.6) is 0 Å². The van der Waals surface area contributed by atoms with Gasteiger partial charge in [0, 0.05) is 6.04 Å². The quantitative estimate of drug-likeness (QED) is 0.471. The van der Waals surface area contributed by atoms with Crippen molar-refractivity contribution in [3.05, 3.63) is 0 Å². The van der Waals surface area contributed by atoms with Crippen LogP contribution in [0.25, 0.3) is 0 Å². The van der Waals surface area contributed by atoms with Gasteiger partial charge in [-0.1, -0.05) is 6.42 Å². The van der Waals surface area contributed by atoms with Gasteiger partial charge in [0.2, 0.25) is 5.91 Å². The highest BCUT2D eigenvalue weighted by Crippen LogP contribution is 2.27. The van der Waals surface area contributed by atoms with Crippen LogP contribution < -0.4 is 10.9 Å². The number of fused-ring (bicyclic) bond motifs is 1. The molecule has 0 bridgehead atoms. The van der Waals surface area contributed by atoms with Gasteiger partial charge in [-0.3, -0.25) is 10.2 Å². The van der Waals surface area contributed by atoms with Crippen molar-refractivity contribution in [3.63, 3.8) is 0 Å². The first kappa shape index (κ1) is 5.23. The summed E-state index contributed by atoms with van der Waals surface area (Å²) in [6.07, 6.45) is 3.43. The Hall–Kier alpha value is -0.570. The third kappa shape index (κ3) is 0.645. The minimum atomic E-state index is 0.192. The number of carbonyl (C=O) groups is 1. The van der Waals surface area contributed by atoms with Crippen molar-refractivity contribution in [2.45, 2.75) is 25.3 Å². The fourth-order valence-corrected chi connectivity index (χ4v) is 1.70. The summed E-state index contributed by atoms with van der Waals surface area (Å²) in [5.74, 6) is 0.475. The van der Waals surface area contributed by atoms with E-state index in [0.29, 0.717) is 6.04 Å². The molecule has 1 saturated carbocycles. The molecule has 2 rings (SSSR count). The molecule has 3 heteroatoms. The van der Waals surface area contributed by atoms with Crippen LogP contribution in [-0.2, 0) is 4.79 Å². The van der Waals surface area contributed by atoms with E-state index in [0.717, 1.165) is 12.8 Å². The maximum absolute atomic E-state index is 10.9. The fourth-order valence-electron chi connectivity index (χ4n) is 1.70. The smallest absolute Gasteiger partial charge is 0.238 e. The first-order valence-corrected chi connectivity index (χ1v) is 3.43. The Balaban J connectivity index is 2.15. The Morgan fingerprint density at radius 3 is 3.11 bits per heavy atom. The zero-order valence-electron chi connectivity index (χ0n) is 5.18. The van der Waals surface area contributed by atoms with Crippen LogP contribution in [0.2, 0.25) is 0 Å². The van der Waals surface area contributed by atoms with Crippen molar-refractivity contribution in [2.24, 2.45) is 5.92 Å². The summed E-state index contributed by atoms with van der Waals surface area (Å²) in [4.78, 5) is 10.9. The summed E-state index contributed by atoms with van der Waals surface area (Å²) in [5, 5.41) is 0. The van der Waals surface area contributed by atoms with Gasteiger partial charge in [-0.05, 0) is 12.8 Å². The highest BCUT2D eigenvalue weighted by Gasteiger charge is 2.37. The lowest BCUT2D eigenvalue weighted by atomic mass is 10.1. The van der Waals surface area contributed by atoms with Crippen LogP contribution in [0, 0.1) is 5.92 Å². The van der Waals surface area contributed by atoms with Gasteiger partial charge in [-0.15, -0.1) is 0 Å². The third-order valence-electron chi connectivity index (χ3n) is 2.23. The molecule has 0 radical (unpaired) electrons. The van der Waals surface area contributed by atoms with Crippen molar-refractivity contribution in [2.75, 3.05) is 0 Å². The zero-order chi connectivity index (χ0) is 6.27. The van der Waals surface area contributed by atoms with Gasteiger partial charge in [-0.25, -0.2) is 5.43 Å². The molecule has 3 nitrogen and oxygen atoms in total. The van der Waals surface area contributed by atoms with Gasteiger partial charge >= 0.3 is 0 Å². The topological polar surface area (TPSA) is 41.1 Å². The number of nitrogens with one attached hydrogen (secondary N) is 2. The average Bonchev–Trinajstić information content (AvgIpc) is 2.35. The molecule has 0 aromatic heterocycles. The van der Waals surface area contributed by atoms with Crippen LogP contribution in [0.1, 0.15) is 19.3 Å². The molecule has 0 aromatic carbocycles. The van der Waals surface area contributed by atoms with Crippen molar-refractivity contribution < 1.29 is 4.79 Å². The summed E-state index contributed by atoms with van der Waals surface area (Å²) < 4.78 is 0. The van der Waals surface area contributed by atoms with E-state index in [4.69, 9.17) is 0 Å². The monoisotopic (exact) mass is 126 g/mol. The maximum Gasteiger partial charge on any atom is 0.238 e. The molecule has 0 aromatic rings. The van der Waals surface area contributed by atoms with Gasteiger partial charge in [0.05, 0.1) is 5.92 Å². The Morgan fingerprint density at radius 2 is 2.33 bits per heavy atom. The van der Waals surface area contributed by atoms with Crippen molar-refractivity contribution in [3.8, 4) is 0 Å². The number of hydrogen-bond donors (Lipinski definition) is 2. The highest BCUT2D eigenvalue weighted by molar-refractivity contribution is 5.81. The van der Waals surface area contributed by atoms with Gasteiger partial charge in [0.1, 0.15) is 0 Å². The van der Waals surface area contributed by atoms with E-state index in [1.54, 1.807) is 0 Å². The summed E-state index contributed by atoms with van der Waals surface area (Å²) in [6, 6.07) is 0.442. The fraction of sp³-hybridized carbons (Fsp3) is 0.833. The number of hydrazine groups is 1. The van der Waals surface area contributed by atoms with Crippen LogP contribution in [-0.4, -0.2) is 11.9 Å². The number of hydrogen-bond acceptors (Lipinski definition) is 2. The van der Waals surface area contributed by atoms with E-state index < -0.39 is 0 Å². The van der Waals surface area contributed by atoms with E-state index in [2.05, 4.69) is 10.9 Å². The zero-order valence-corrected chi connectivity index (χ0v) is 5.18. The lowest BCUT2D eigenvalue weighted by Gasteiger charge is -2.01. The van der Waals surface area contributed by atoms with Crippen molar-refractivity contribution >= 4 is 5.91 Å². The molecule has 50 valence electrons. The molecule has 1 saturated heterocycles. The Bertz CT molecular complexity index is 146. The molecule has 0 spiro atoms. The molecule has 1 heterocycles. The lowest BCUT2D eigenvalue weighted by molar-refractivity contribution is -0.122.